The quantitative estimate of drug-likeness (QED) is 0.652. The van der Waals surface area contributed by atoms with Crippen LogP contribution in [-0.4, -0.2) is 17.4 Å². The van der Waals surface area contributed by atoms with E-state index in [2.05, 4.69) is 21.7 Å². The van der Waals surface area contributed by atoms with Crippen LogP contribution in [0.25, 0.3) is 0 Å². The minimum absolute atomic E-state index is 0.0269. The largest absolute Gasteiger partial charge is 0.468 e. The zero-order valence-corrected chi connectivity index (χ0v) is 15.1. The van der Waals surface area contributed by atoms with Crippen LogP contribution in [-0.2, 0) is 17.9 Å². The van der Waals surface area contributed by atoms with Crippen molar-refractivity contribution in [3.63, 3.8) is 0 Å². The second-order valence-corrected chi connectivity index (χ2v) is 7.62. The van der Waals surface area contributed by atoms with Gasteiger partial charge in [-0.05, 0) is 41.9 Å². The molecule has 1 amide bonds. The van der Waals surface area contributed by atoms with Gasteiger partial charge in [0.15, 0.2) is 0 Å². The molecule has 0 fully saturated rings. The Bertz CT molecular complexity index is 685. The Morgan fingerprint density at radius 2 is 2.00 bits per heavy atom. The molecular weight excluding hydrogens is 340 g/mol. The van der Waals surface area contributed by atoms with E-state index in [4.69, 9.17) is 4.42 Å². The molecule has 0 aliphatic carbocycles. The van der Waals surface area contributed by atoms with Crippen molar-refractivity contribution < 1.29 is 9.21 Å². The van der Waals surface area contributed by atoms with Crippen molar-refractivity contribution in [2.24, 2.45) is 0 Å². The van der Waals surface area contributed by atoms with E-state index in [0.717, 1.165) is 12.3 Å². The van der Waals surface area contributed by atoms with Crippen molar-refractivity contribution in [1.82, 2.24) is 10.2 Å². The fraction of sp³-hybridized carbons (Fsp3) is 0.278. The van der Waals surface area contributed by atoms with Crippen molar-refractivity contribution in [3.05, 3.63) is 68.9 Å². The molecule has 0 aliphatic heterocycles. The van der Waals surface area contributed by atoms with E-state index < -0.39 is 0 Å². The highest BCUT2D eigenvalue weighted by atomic mass is 32.1. The van der Waals surface area contributed by atoms with E-state index in [9.17, 15) is 4.79 Å². The van der Waals surface area contributed by atoms with E-state index >= 15 is 0 Å². The van der Waals surface area contributed by atoms with Crippen molar-refractivity contribution in [1.29, 1.82) is 0 Å². The molecule has 0 saturated heterocycles. The van der Waals surface area contributed by atoms with E-state index in [-0.39, 0.29) is 11.9 Å². The van der Waals surface area contributed by atoms with Crippen LogP contribution in [0, 0.1) is 0 Å². The van der Waals surface area contributed by atoms with Crippen LogP contribution in [0.1, 0.15) is 28.5 Å². The second kappa shape index (κ2) is 8.28. The second-order valence-electron chi connectivity index (χ2n) is 5.61. The topological polar surface area (TPSA) is 45.5 Å². The minimum atomic E-state index is 0.0269. The molecule has 0 aliphatic rings. The third-order valence-electron chi connectivity index (χ3n) is 3.63. The van der Waals surface area contributed by atoms with Gasteiger partial charge in [0.2, 0.25) is 5.91 Å². The predicted molar refractivity (Wildman–Crippen MR) is 98.0 cm³/mol. The molecule has 3 heterocycles. The molecule has 0 aromatic carbocycles. The summed E-state index contributed by atoms with van der Waals surface area (Å²) >= 11 is 3.36. The first-order chi connectivity index (χ1) is 11.7. The number of hydrogen-bond acceptors (Lipinski definition) is 5. The maximum Gasteiger partial charge on any atom is 0.234 e. The molecule has 126 valence electrons. The van der Waals surface area contributed by atoms with Gasteiger partial charge in [0.25, 0.3) is 0 Å². The van der Waals surface area contributed by atoms with Crippen LogP contribution in [0.3, 0.4) is 0 Å². The molecule has 0 radical (unpaired) electrons. The van der Waals surface area contributed by atoms with Crippen LogP contribution in [0.5, 0.6) is 0 Å². The van der Waals surface area contributed by atoms with E-state index in [1.54, 1.807) is 28.9 Å². The van der Waals surface area contributed by atoms with Gasteiger partial charge in [-0.15, -0.1) is 22.7 Å². The van der Waals surface area contributed by atoms with E-state index in [0.29, 0.717) is 13.1 Å². The molecule has 3 rings (SSSR count). The van der Waals surface area contributed by atoms with Gasteiger partial charge in [-0.25, -0.2) is 0 Å². The normalized spacial score (nSPS) is 12.4. The van der Waals surface area contributed by atoms with Gasteiger partial charge in [0.05, 0.1) is 25.4 Å². The number of hydrogen-bond donors (Lipinski definition) is 1. The smallest absolute Gasteiger partial charge is 0.234 e. The monoisotopic (exact) mass is 360 g/mol. The zero-order valence-electron chi connectivity index (χ0n) is 13.5. The molecule has 3 aromatic heterocycles. The molecule has 1 N–H and O–H groups in total. The van der Waals surface area contributed by atoms with Gasteiger partial charge in [0.1, 0.15) is 5.76 Å². The first kappa shape index (κ1) is 17.0. The number of carbonyl (C=O) groups excluding carboxylic acids is 1. The van der Waals surface area contributed by atoms with Gasteiger partial charge in [0, 0.05) is 16.3 Å². The highest BCUT2D eigenvalue weighted by molar-refractivity contribution is 7.10. The maximum absolute atomic E-state index is 12.4. The summed E-state index contributed by atoms with van der Waals surface area (Å²) in [4.78, 5) is 16.9. The van der Waals surface area contributed by atoms with E-state index in [1.807, 2.05) is 42.6 Å². The van der Waals surface area contributed by atoms with Gasteiger partial charge in [-0.1, -0.05) is 12.1 Å². The lowest BCUT2D eigenvalue weighted by Crippen LogP contribution is -2.37. The molecule has 0 bridgehead atoms. The highest BCUT2D eigenvalue weighted by Crippen LogP contribution is 2.18. The Morgan fingerprint density at radius 1 is 1.17 bits per heavy atom. The maximum atomic E-state index is 12.4. The van der Waals surface area contributed by atoms with Crippen molar-refractivity contribution in [3.8, 4) is 0 Å². The van der Waals surface area contributed by atoms with Gasteiger partial charge in [-0.3, -0.25) is 9.69 Å². The summed E-state index contributed by atoms with van der Waals surface area (Å²) in [6.07, 6.45) is 1.66. The fourth-order valence-electron chi connectivity index (χ4n) is 2.51. The van der Waals surface area contributed by atoms with Crippen LogP contribution in [0.4, 0.5) is 0 Å². The third kappa shape index (κ3) is 4.80. The summed E-state index contributed by atoms with van der Waals surface area (Å²) in [7, 11) is 0. The molecule has 4 nitrogen and oxygen atoms in total. The Balaban J connectivity index is 1.60. The number of thiophene rings is 2. The number of rotatable bonds is 8. The molecule has 0 saturated carbocycles. The molecular formula is C18H20N2O2S2. The summed E-state index contributed by atoms with van der Waals surface area (Å²) < 4.78 is 5.44. The number of amides is 1. The number of furan rings is 1. The minimum Gasteiger partial charge on any atom is -0.468 e. The van der Waals surface area contributed by atoms with Crippen LogP contribution in [0.15, 0.2) is 57.8 Å². The number of carbonyl (C=O) groups is 1. The molecule has 24 heavy (non-hydrogen) atoms. The fourth-order valence-corrected chi connectivity index (χ4v) is 3.99. The Labute approximate surface area is 149 Å². The van der Waals surface area contributed by atoms with Crippen LogP contribution < -0.4 is 5.32 Å². The number of nitrogens with zero attached hydrogens (tertiary/aromatic N) is 1. The first-order valence-electron chi connectivity index (χ1n) is 7.80. The van der Waals surface area contributed by atoms with Gasteiger partial charge >= 0.3 is 0 Å². The van der Waals surface area contributed by atoms with Crippen molar-refractivity contribution in [2.75, 3.05) is 6.54 Å². The van der Waals surface area contributed by atoms with Gasteiger partial charge in [-0.2, -0.15) is 0 Å². The third-order valence-corrected chi connectivity index (χ3v) is 5.55. The molecule has 1 atom stereocenters. The standard InChI is InChI=1S/C18H20N2O2S2/c1-14(17-7-4-10-24-17)19-18(21)13-20(11-15-5-2-8-22-15)12-16-6-3-9-23-16/h2-10,14H,11-13H2,1H3,(H,19,21). The summed E-state index contributed by atoms with van der Waals surface area (Å²) in [5.41, 5.74) is 0. The average Bonchev–Trinajstić information content (AvgIpc) is 3.31. The van der Waals surface area contributed by atoms with Crippen molar-refractivity contribution in [2.45, 2.75) is 26.1 Å². The molecule has 1 unspecified atom stereocenters. The summed E-state index contributed by atoms with van der Waals surface area (Å²) in [6.45, 7) is 3.71. The Kier molecular flexibility index (Phi) is 5.85. The first-order valence-corrected chi connectivity index (χ1v) is 9.56. The average molecular weight is 361 g/mol. The zero-order chi connectivity index (χ0) is 16.8. The Hall–Kier alpha value is -1.89. The highest BCUT2D eigenvalue weighted by Gasteiger charge is 2.16. The van der Waals surface area contributed by atoms with Crippen LogP contribution in [0.2, 0.25) is 0 Å². The van der Waals surface area contributed by atoms with Gasteiger partial charge < -0.3 is 9.73 Å². The molecule has 3 aromatic rings. The van der Waals surface area contributed by atoms with E-state index in [1.165, 1.54) is 9.75 Å². The lowest BCUT2D eigenvalue weighted by atomic mass is 10.2. The lowest BCUT2D eigenvalue weighted by molar-refractivity contribution is -0.123. The van der Waals surface area contributed by atoms with Crippen LogP contribution >= 0.6 is 22.7 Å². The number of nitrogens with one attached hydrogen (secondary N) is 1. The molecule has 6 heteroatoms. The Morgan fingerprint density at radius 3 is 2.67 bits per heavy atom. The summed E-state index contributed by atoms with van der Waals surface area (Å²) in [6, 6.07) is 12.0. The SMILES string of the molecule is CC(NC(=O)CN(Cc1ccco1)Cc1cccs1)c1cccs1. The summed E-state index contributed by atoms with van der Waals surface area (Å²) in [5, 5.41) is 7.16. The molecule has 0 spiro atoms. The van der Waals surface area contributed by atoms with Crippen molar-refractivity contribution >= 4 is 28.6 Å². The summed E-state index contributed by atoms with van der Waals surface area (Å²) in [5.74, 6) is 0.893. The predicted octanol–water partition coefficient (Wildman–Crippen LogP) is 4.28. The lowest BCUT2D eigenvalue weighted by Gasteiger charge is -2.21.